The molecule has 0 bridgehead atoms. The lowest BCUT2D eigenvalue weighted by Crippen LogP contribution is -2.57. The summed E-state index contributed by atoms with van der Waals surface area (Å²) in [5.41, 5.74) is 1.47. The van der Waals surface area contributed by atoms with Gasteiger partial charge in [0.25, 0.3) is 0 Å². The number of benzene rings is 1. The van der Waals surface area contributed by atoms with Crippen LogP contribution in [0.15, 0.2) is 30.3 Å². The SMILES string of the molecule is CCC1CN(CCCC(C)C)C(Cc2ccccc2)CN1. The lowest BCUT2D eigenvalue weighted by Gasteiger charge is -2.40. The van der Waals surface area contributed by atoms with E-state index in [-0.39, 0.29) is 0 Å². The van der Waals surface area contributed by atoms with Gasteiger partial charge in [0, 0.05) is 25.2 Å². The zero-order chi connectivity index (χ0) is 15.1. The molecule has 2 unspecified atom stereocenters. The van der Waals surface area contributed by atoms with E-state index < -0.39 is 0 Å². The third-order valence-corrected chi connectivity index (χ3v) is 4.65. The number of nitrogens with zero attached hydrogens (tertiary/aromatic N) is 1. The largest absolute Gasteiger partial charge is 0.311 e. The van der Waals surface area contributed by atoms with E-state index in [2.05, 4.69) is 61.3 Å². The topological polar surface area (TPSA) is 15.3 Å². The van der Waals surface area contributed by atoms with Gasteiger partial charge in [0.05, 0.1) is 0 Å². The molecule has 0 amide bonds. The summed E-state index contributed by atoms with van der Waals surface area (Å²) < 4.78 is 0. The molecule has 0 saturated carbocycles. The van der Waals surface area contributed by atoms with Crippen LogP contribution in [0.4, 0.5) is 0 Å². The second-order valence-corrected chi connectivity index (χ2v) is 6.89. The maximum atomic E-state index is 3.73. The Morgan fingerprint density at radius 2 is 2.00 bits per heavy atom. The minimum Gasteiger partial charge on any atom is -0.311 e. The molecule has 1 aromatic rings. The van der Waals surface area contributed by atoms with E-state index in [4.69, 9.17) is 0 Å². The molecule has 0 radical (unpaired) electrons. The minimum absolute atomic E-state index is 0.655. The lowest BCUT2D eigenvalue weighted by molar-refractivity contribution is 0.124. The van der Waals surface area contributed by atoms with E-state index in [1.165, 1.54) is 44.3 Å². The third-order valence-electron chi connectivity index (χ3n) is 4.65. The van der Waals surface area contributed by atoms with Gasteiger partial charge in [-0.2, -0.15) is 0 Å². The smallest absolute Gasteiger partial charge is 0.0261 e. The molecule has 1 fully saturated rings. The lowest BCUT2D eigenvalue weighted by atomic mass is 9.99. The van der Waals surface area contributed by atoms with Gasteiger partial charge < -0.3 is 5.32 Å². The van der Waals surface area contributed by atoms with Crippen molar-refractivity contribution in [3.63, 3.8) is 0 Å². The Bertz CT molecular complexity index is 388. The molecule has 1 N–H and O–H groups in total. The highest BCUT2D eigenvalue weighted by atomic mass is 15.2. The Hall–Kier alpha value is -0.860. The molecular formula is C19H32N2. The predicted octanol–water partition coefficient (Wildman–Crippen LogP) is 3.72. The van der Waals surface area contributed by atoms with E-state index in [1.54, 1.807) is 0 Å². The summed E-state index contributed by atoms with van der Waals surface area (Å²) in [5.74, 6) is 0.822. The minimum atomic E-state index is 0.655. The van der Waals surface area contributed by atoms with Crippen molar-refractivity contribution in [1.29, 1.82) is 0 Å². The van der Waals surface area contributed by atoms with Crippen LogP contribution < -0.4 is 5.32 Å². The summed E-state index contributed by atoms with van der Waals surface area (Å²) in [6.07, 6.45) is 5.09. The van der Waals surface area contributed by atoms with E-state index in [1.807, 2.05) is 0 Å². The molecule has 2 rings (SSSR count). The first kappa shape index (κ1) is 16.5. The third kappa shape index (κ3) is 5.44. The number of hydrogen-bond donors (Lipinski definition) is 1. The van der Waals surface area contributed by atoms with E-state index in [0.29, 0.717) is 12.1 Å². The molecule has 0 aromatic heterocycles. The Labute approximate surface area is 130 Å². The molecule has 1 aromatic carbocycles. The summed E-state index contributed by atoms with van der Waals surface area (Å²) >= 11 is 0. The van der Waals surface area contributed by atoms with Crippen LogP contribution in [0.25, 0.3) is 0 Å². The van der Waals surface area contributed by atoms with Crippen molar-refractivity contribution in [2.24, 2.45) is 5.92 Å². The van der Waals surface area contributed by atoms with Gasteiger partial charge in [0.2, 0.25) is 0 Å². The Kier molecular flexibility index (Phi) is 6.72. The Morgan fingerprint density at radius 3 is 2.67 bits per heavy atom. The van der Waals surface area contributed by atoms with Crippen LogP contribution in [-0.4, -0.2) is 36.6 Å². The van der Waals surface area contributed by atoms with Crippen molar-refractivity contribution < 1.29 is 0 Å². The van der Waals surface area contributed by atoms with Gasteiger partial charge in [-0.25, -0.2) is 0 Å². The summed E-state index contributed by atoms with van der Waals surface area (Å²) in [4.78, 5) is 2.74. The fourth-order valence-electron chi connectivity index (χ4n) is 3.27. The molecule has 21 heavy (non-hydrogen) atoms. The van der Waals surface area contributed by atoms with Crippen molar-refractivity contribution in [3.05, 3.63) is 35.9 Å². The fourth-order valence-corrected chi connectivity index (χ4v) is 3.27. The second-order valence-electron chi connectivity index (χ2n) is 6.89. The van der Waals surface area contributed by atoms with E-state index in [9.17, 15) is 0 Å². The molecule has 0 spiro atoms. The molecule has 1 aliphatic rings. The zero-order valence-corrected chi connectivity index (χ0v) is 14.0. The predicted molar refractivity (Wildman–Crippen MR) is 91.7 cm³/mol. The van der Waals surface area contributed by atoms with Gasteiger partial charge in [0.1, 0.15) is 0 Å². The van der Waals surface area contributed by atoms with Crippen molar-refractivity contribution in [3.8, 4) is 0 Å². The highest BCUT2D eigenvalue weighted by Gasteiger charge is 2.26. The number of rotatable bonds is 7. The molecule has 2 nitrogen and oxygen atoms in total. The Balaban J connectivity index is 1.92. The van der Waals surface area contributed by atoms with Crippen LogP contribution in [-0.2, 0) is 6.42 Å². The van der Waals surface area contributed by atoms with Gasteiger partial charge in [-0.15, -0.1) is 0 Å². The van der Waals surface area contributed by atoms with Gasteiger partial charge in [-0.3, -0.25) is 4.90 Å². The van der Waals surface area contributed by atoms with Crippen molar-refractivity contribution in [2.75, 3.05) is 19.6 Å². The van der Waals surface area contributed by atoms with Gasteiger partial charge in [-0.1, -0.05) is 51.1 Å². The van der Waals surface area contributed by atoms with Crippen LogP contribution in [0.5, 0.6) is 0 Å². The number of piperazine rings is 1. The monoisotopic (exact) mass is 288 g/mol. The molecule has 118 valence electrons. The highest BCUT2D eigenvalue weighted by molar-refractivity contribution is 5.16. The molecular weight excluding hydrogens is 256 g/mol. The first-order chi connectivity index (χ1) is 10.2. The number of nitrogens with one attached hydrogen (secondary N) is 1. The van der Waals surface area contributed by atoms with E-state index in [0.717, 1.165) is 12.5 Å². The van der Waals surface area contributed by atoms with Crippen LogP contribution >= 0.6 is 0 Å². The molecule has 2 atom stereocenters. The van der Waals surface area contributed by atoms with Gasteiger partial charge >= 0.3 is 0 Å². The molecule has 1 aliphatic heterocycles. The van der Waals surface area contributed by atoms with Crippen molar-refractivity contribution >= 4 is 0 Å². The summed E-state index contributed by atoms with van der Waals surface area (Å²) in [6, 6.07) is 12.3. The van der Waals surface area contributed by atoms with Crippen LogP contribution in [0.1, 0.15) is 45.6 Å². The van der Waals surface area contributed by atoms with E-state index >= 15 is 0 Å². The van der Waals surface area contributed by atoms with Crippen LogP contribution in [0.2, 0.25) is 0 Å². The molecule has 2 heteroatoms. The van der Waals surface area contributed by atoms with Gasteiger partial charge in [-0.05, 0) is 43.7 Å². The highest BCUT2D eigenvalue weighted by Crippen LogP contribution is 2.16. The second kappa shape index (κ2) is 8.55. The van der Waals surface area contributed by atoms with Crippen molar-refractivity contribution in [1.82, 2.24) is 10.2 Å². The summed E-state index contributed by atoms with van der Waals surface area (Å²) in [5, 5.41) is 3.73. The summed E-state index contributed by atoms with van der Waals surface area (Å²) in [7, 11) is 0. The quantitative estimate of drug-likeness (QED) is 0.822. The Morgan fingerprint density at radius 1 is 1.24 bits per heavy atom. The zero-order valence-electron chi connectivity index (χ0n) is 14.0. The molecule has 0 aliphatic carbocycles. The average molecular weight is 288 g/mol. The van der Waals surface area contributed by atoms with Gasteiger partial charge in [0.15, 0.2) is 0 Å². The summed E-state index contributed by atoms with van der Waals surface area (Å²) in [6.45, 7) is 10.6. The maximum absolute atomic E-state index is 3.73. The van der Waals surface area contributed by atoms with Crippen LogP contribution in [0, 0.1) is 5.92 Å². The molecule has 1 saturated heterocycles. The first-order valence-corrected chi connectivity index (χ1v) is 8.70. The first-order valence-electron chi connectivity index (χ1n) is 8.70. The van der Waals surface area contributed by atoms with Crippen LogP contribution in [0.3, 0.4) is 0 Å². The standard InChI is InChI=1S/C19H32N2/c1-4-18-15-21(12-8-9-16(2)3)19(14-20-18)13-17-10-6-5-7-11-17/h5-7,10-11,16,18-20H,4,8-9,12-15H2,1-3H3. The number of hydrogen-bond acceptors (Lipinski definition) is 2. The fraction of sp³-hybridized carbons (Fsp3) is 0.684. The van der Waals surface area contributed by atoms with Crippen molar-refractivity contribution in [2.45, 2.75) is 58.5 Å². The maximum Gasteiger partial charge on any atom is 0.0261 e. The average Bonchev–Trinajstić information content (AvgIpc) is 2.49. The normalized spacial score (nSPS) is 23.6. The molecule has 1 heterocycles.